The number of hydrogen-bond acceptors (Lipinski definition) is 2. The van der Waals surface area contributed by atoms with E-state index in [1.807, 2.05) is 27.7 Å². The lowest BCUT2D eigenvalue weighted by atomic mass is 9.90. The van der Waals surface area contributed by atoms with E-state index >= 15 is 0 Å². The van der Waals surface area contributed by atoms with E-state index in [0.29, 0.717) is 0 Å². The van der Waals surface area contributed by atoms with Crippen molar-refractivity contribution in [2.24, 2.45) is 17.3 Å². The Morgan fingerprint density at radius 3 is 1.84 bits per heavy atom. The number of hydrogen-bond donors (Lipinski definition) is 2. The van der Waals surface area contributed by atoms with Gasteiger partial charge >= 0.3 is 0 Å². The van der Waals surface area contributed by atoms with Crippen molar-refractivity contribution in [2.45, 2.75) is 116 Å². The summed E-state index contributed by atoms with van der Waals surface area (Å²) in [6.45, 7) is 11.6. The largest absolute Gasteiger partial charge is 0.390 e. The Labute approximate surface area is 156 Å². The summed E-state index contributed by atoms with van der Waals surface area (Å²) in [6.07, 6.45) is 15.3. The highest BCUT2D eigenvalue weighted by molar-refractivity contribution is 5.07. The third-order valence-corrected chi connectivity index (χ3v) is 6.24. The smallest absolute Gasteiger partial charge is 0.0591 e. The number of allylic oxidation sites excluding steroid dienone is 1. The Bertz CT molecular complexity index is 426. The van der Waals surface area contributed by atoms with E-state index in [1.165, 1.54) is 56.9 Å². The molecule has 0 bridgehead atoms. The van der Waals surface area contributed by atoms with Crippen LogP contribution in [0.1, 0.15) is 105 Å². The summed E-state index contributed by atoms with van der Waals surface area (Å²) in [5, 5.41) is 19.0. The summed E-state index contributed by atoms with van der Waals surface area (Å²) >= 11 is 0. The molecule has 0 spiro atoms. The lowest BCUT2D eigenvalue weighted by molar-refractivity contribution is 0.0657. The zero-order valence-electron chi connectivity index (χ0n) is 17.2. The van der Waals surface area contributed by atoms with Gasteiger partial charge in [0, 0.05) is 0 Å². The maximum absolute atomic E-state index is 9.59. The van der Waals surface area contributed by atoms with Gasteiger partial charge in [0.25, 0.3) is 0 Å². The lowest BCUT2D eigenvalue weighted by Gasteiger charge is -2.19. The van der Waals surface area contributed by atoms with Gasteiger partial charge in [0.05, 0.1) is 11.2 Å². The van der Waals surface area contributed by atoms with Crippen LogP contribution in [0.3, 0.4) is 0 Å². The number of rotatable bonds is 10. The molecule has 146 valence electrons. The number of aliphatic hydroxyl groups is 2. The van der Waals surface area contributed by atoms with Crippen molar-refractivity contribution in [1.82, 2.24) is 0 Å². The lowest BCUT2D eigenvalue weighted by Crippen LogP contribution is -2.18. The first-order chi connectivity index (χ1) is 11.5. The van der Waals surface area contributed by atoms with Crippen LogP contribution in [0, 0.1) is 17.3 Å². The summed E-state index contributed by atoms with van der Waals surface area (Å²) in [7, 11) is 0. The van der Waals surface area contributed by atoms with Crippen molar-refractivity contribution >= 4 is 0 Å². The van der Waals surface area contributed by atoms with E-state index in [4.69, 9.17) is 0 Å². The minimum Gasteiger partial charge on any atom is -0.390 e. The van der Waals surface area contributed by atoms with Crippen molar-refractivity contribution in [3.05, 3.63) is 12.2 Å². The molecule has 0 amide bonds. The highest BCUT2D eigenvalue weighted by Gasteiger charge is 2.52. The Hall–Kier alpha value is -0.340. The molecule has 3 saturated carbocycles. The van der Waals surface area contributed by atoms with Crippen molar-refractivity contribution in [3.63, 3.8) is 0 Å². The molecule has 0 aliphatic heterocycles. The topological polar surface area (TPSA) is 40.5 Å². The van der Waals surface area contributed by atoms with Crippen LogP contribution in [-0.4, -0.2) is 21.4 Å². The Morgan fingerprint density at radius 1 is 0.920 bits per heavy atom. The van der Waals surface area contributed by atoms with Crippen LogP contribution >= 0.6 is 0 Å². The monoisotopic (exact) mass is 350 g/mol. The van der Waals surface area contributed by atoms with Crippen molar-refractivity contribution in [3.8, 4) is 0 Å². The SMILES string of the molecule is C=C(CCCC(C)(C)O)C1CC1.CC(C)(O)CCCC1(C2CC2)CC1. The maximum atomic E-state index is 9.59. The fraction of sp³-hybridized carbons (Fsp3) is 0.913. The molecular weight excluding hydrogens is 308 g/mol. The second kappa shape index (κ2) is 8.13. The molecule has 0 atom stereocenters. The molecule has 0 aromatic rings. The van der Waals surface area contributed by atoms with Gasteiger partial charge in [-0.25, -0.2) is 0 Å². The van der Waals surface area contributed by atoms with Crippen molar-refractivity contribution in [1.29, 1.82) is 0 Å². The average Bonchev–Trinajstić information content (AvgIpc) is 3.33. The molecule has 3 rings (SSSR count). The molecule has 2 N–H and O–H groups in total. The molecule has 0 unspecified atom stereocenters. The second-order valence-electron chi connectivity index (χ2n) is 10.4. The second-order valence-corrected chi connectivity index (χ2v) is 10.4. The third kappa shape index (κ3) is 8.73. The van der Waals surface area contributed by atoms with Gasteiger partial charge in [-0.1, -0.05) is 18.6 Å². The first-order valence-electron chi connectivity index (χ1n) is 10.6. The molecule has 0 saturated heterocycles. The van der Waals surface area contributed by atoms with Crippen LogP contribution in [0.15, 0.2) is 12.2 Å². The highest BCUT2D eigenvalue weighted by Crippen LogP contribution is 2.64. The maximum Gasteiger partial charge on any atom is 0.0591 e. The fourth-order valence-electron chi connectivity index (χ4n) is 4.04. The molecule has 0 heterocycles. The molecule has 3 aliphatic rings. The first kappa shape index (κ1) is 21.0. The fourth-order valence-corrected chi connectivity index (χ4v) is 4.04. The van der Waals surface area contributed by atoms with Gasteiger partial charge in [0.2, 0.25) is 0 Å². The Balaban J connectivity index is 0.000000181. The Morgan fingerprint density at radius 2 is 1.44 bits per heavy atom. The molecular formula is C23H42O2. The van der Waals surface area contributed by atoms with Crippen LogP contribution in [0.4, 0.5) is 0 Å². The minimum atomic E-state index is -0.496. The zero-order chi connectivity index (χ0) is 18.7. The van der Waals surface area contributed by atoms with E-state index in [1.54, 1.807) is 0 Å². The Kier molecular flexibility index (Phi) is 6.82. The van der Waals surface area contributed by atoms with E-state index in [-0.39, 0.29) is 0 Å². The standard InChI is InChI=1S/C12H22O.C11H20O/c1-11(2,13)6-3-7-12(8-9-12)10-4-5-10;1-9(10-6-7-10)5-4-8-11(2,3)12/h10,13H,3-9H2,1-2H3;10,12H,1,4-8H2,2-3H3. The summed E-state index contributed by atoms with van der Waals surface area (Å²) in [6, 6.07) is 0. The normalized spacial score (nSPS) is 22.2. The molecule has 3 aliphatic carbocycles. The van der Waals surface area contributed by atoms with Gasteiger partial charge in [0.15, 0.2) is 0 Å². The van der Waals surface area contributed by atoms with Gasteiger partial charge in [-0.2, -0.15) is 0 Å². The highest BCUT2D eigenvalue weighted by atomic mass is 16.3. The molecule has 0 aromatic carbocycles. The van der Waals surface area contributed by atoms with Gasteiger partial charge < -0.3 is 10.2 Å². The molecule has 0 radical (unpaired) electrons. The third-order valence-electron chi connectivity index (χ3n) is 6.24. The molecule has 25 heavy (non-hydrogen) atoms. The quantitative estimate of drug-likeness (QED) is 0.474. The van der Waals surface area contributed by atoms with Crippen molar-refractivity contribution < 1.29 is 10.2 Å². The first-order valence-corrected chi connectivity index (χ1v) is 10.6. The van der Waals surface area contributed by atoms with E-state index in [0.717, 1.165) is 42.9 Å². The van der Waals surface area contributed by atoms with Gasteiger partial charge in [0.1, 0.15) is 0 Å². The van der Waals surface area contributed by atoms with E-state index in [2.05, 4.69) is 6.58 Å². The summed E-state index contributed by atoms with van der Waals surface area (Å²) in [5.74, 6) is 1.90. The summed E-state index contributed by atoms with van der Waals surface area (Å²) in [4.78, 5) is 0. The predicted molar refractivity (Wildman–Crippen MR) is 107 cm³/mol. The van der Waals surface area contributed by atoms with Crippen LogP contribution in [0.2, 0.25) is 0 Å². The molecule has 3 fully saturated rings. The zero-order valence-corrected chi connectivity index (χ0v) is 17.2. The van der Waals surface area contributed by atoms with E-state index in [9.17, 15) is 10.2 Å². The average molecular weight is 351 g/mol. The van der Waals surface area contributed by atoms with Gasteiger partial charge in [-0.05, 0) is 116 Å². The molecule has 2 nitrogen and oxygen atoms in total. The van der Waals surface area contributed by atoms with Crippen molar-refractivity contribution in [2.75, 3.05) is 0 Å². The van der Waals surface area contributed by atoms with Crippen LogP contribution in [-0.2, 0) is 0 Å². The van der Waals surface area contributed by atoms with Gasteiger partial charge in [-0.15, -0.1) is 0 Å². The molecule has 2 heteroatoms. The minimum absolute atomic E-state index is 0.445. The van der Waals surface area contributed by atoms with Gasteiger partial charge in [-0.3, -0.25) is 0 Å². The predicted octanol–water partition coefficient (Wildman–Crippen LogP) is 6.01. The summed E-state index contributed by atoms with van der Waals surface area (Å²) in [5.41, 5.74) is 1.23. The summed E-state index contributed by atoms with van der Waals surface area (Å²) < 4.78 is 0. The van der Waals surface area contributed by atoms with E-state index < -0.39 is 11.2 Å². The van der Waals surface area contributed by atoms with Crippen LogP contribution < -0.4 is 0 Å². The molecule has 0 aromatic heterocycles. The van der Waals surface area contributed by atoms with Crippen LogP contribution in [0.5, 0.6) is 0 Å². The van der Waals surface area contributed by atoms with Crippen LogP contribution in [0.25, 0.3) is 0 Å².